The number of benzene rings is 2. The molecule has 3 aromatic rings. The van der Waals surface area contributed by atoms with Crippen LogP contribution in [-0.2, 0) is 11.2 Å². The zero-order valence-corrected chi connectivity index (χ0v) is 17.0. The number of rotatable bonds is 4. The first-order valence-electron chi connectivity index (χ1n) is 10.2. The van der Waals surface area contributed by atoms with Crippen LogP contribution in [0.3, 0.4) is 0 Å². The summed E-state index contributed by atoms with van der Waals surface area (Å²) in [5.74, 6) is 1.29. The Hall–Kier alpha value is -3.08. The number of H-pyrrole nitrogens is 1. The van der Waals surface area contributed by atoms with Crippen molar-refractivity contribution in [2.45, 2.75) is 26.2 Å². The number of hydrogen-bond donors (Lipinski definition) is 1. The van der Waals surface area contributed by atoms with Crippen molar-refractivity contribution in [2.24, 2.45) is 5.92 Å². The number of anilines is 1. The Morgan fingerprint density at radius 1 is 1.07 bits per heavy atom. The molecule has 1 aromatic heterocycles. The molecular formula is C24H27N3O2. The maximum absolute atomic E-state index is 12.4. The SMILES string of the molecule is CC(=O)N(C)C(=O)c1ccc2[nH]c(N3CCC(Cc4ccccc4)CC3)cc2c1. The van der Waals surface area contributed by atoms with E-state index in [9.17, 15) is 9.59 Å². The van der Waals surface area contributed by atoms with Crippen LogP contribution in [0, 0.1) is 5.92 Å². The van der Waals surface area contributed by atoms with Gasteiger partial charge in [0.05, 0.1) is 0 Å². The molecule has 1 N–H and O–H groups in total. The van der Waals surface area contributed by atoms with Crippen LogP contribution in [0.5, 0.6) is 0 Å². The van der Waals surface area contributed by atoms with Gasteiger partial charge in [0.1, 0.15) is 5.82 Å². The summed E-state index contributed by atoms with van der Waals surface area (Å²) < 4.78 is 0. The molecule has 1 saturated heterocycles. The number of piperidine rings is 1. The summed E-state index contributed by atoms with van der Waals surface area (Å²) in [4.78, 5) is 30.9. The Morgan fingerprint density at radius 3 is 2.48 bits per heavy atom. The van der Waals surface area contributed by atoms with E-state index in [2.05, 4.69) is 46.3 Å². The highest BCUT2D eigenvalue weighted by atomic mass is 16.2. The number of amides is 2. The van der Waals surface area contributed by atoms with Crippen molar-refractivity contribution < 1.29 is 9.59 Å². The zero-order valence-electron chi connectivity index (χ0n) is 17.0. The fourth-order valence-electron chi connectivity index (χ4n) is 4.08. The molecule has 2 heterocycles. The lowest BCUT2D eigenvalue weighted by Gasteiger charge is -2.32. The molecular weight excluding hydrogens is 362 g/mol. The van der Waals surface area contributed by atoms with Gasteiger partial charge in [-0.3, -0.25) is 14.5 Å². The van der Waals surface area contributed by atoms with Gasteiger partial charge in [0.15, 0.2) is 0 Å². The number of hydrogen-bond acceptors (Lipinski definition) is 3. The lowest BCUT2D eigenvalue weighted by atomic mass is 9.90. The van der Waals surface area contributed by atoms with Gasteiger partial charge in [-0.2, -0.15) is 0 Å². The van der Waals surface area contributed by atoms with Crippen LogP contribution in [0.4, 0.5) is 5.82 Å². The van der Waals surface area contributed by atoms with Gasteiger partial charge in [-0.1, -0.05) is 30.3 Å². The lowest BCUT2D eigenvalue weighted by Crippen LogP contribution is -2.34. The van der Waals surface area contributed by atoms with Crippen LogP contribution in [0.2, 0.25) is 0 Å². The first kappa shape index (κ1) is 19.2. The van der Waals surface area contributed by atoms with E-state index in [0.29, 0.717) is 5.56 Å². The predicted molar refractivity (Wildman–Crippen MR) is 116 cm³/mol. The number of aromatic nitrogens is 1. The summed E-state index contributed by atoms with van der Waals surface area (Å²) in [5, 5.41) is 0.995. The van der Waals surface area contributed by atoms with E-state index in [-0.39, 0.29) is 11.8 Å². The monoisotopic (exact) mass is 389 g/mol. The average molecular weight is 389 g/mol. The summed E-state index contributed by atoms with van der Waals surface area (Å²) in [7, 11) is 1.51. The molecule has 5 nitrogen and oxygen atoms in total. The van der Waals surface area contributed by atoms with Gasteiger partial charge < -0.3 is 9.88 Å². The largest absolute Gasteiger partial charge is 0.358 e. The Morgan fingerprint density at radius 2 is 1.79 bits per heavy atom. The number of carbonyl (C=O) groups excluding carboxylic acids is 2. The van der Waals surface area contributed by atoms with Crippen molar-refractivity contribution in [3.8, 4) is 0 Å². The normalized spacial score (nSPS) is 14.9. The molecule has 1 fully saturated rings. The summed E-state index contributed by atoms with van der Waals surface area (Å²) in [6.45, 7) is 3.46. The van der Waals surface area contributed by atoms with E-state index in [4.69, 9.17) is 0 Å². The molecule has 1 aliphatic rings. The van der Waals surface area contributed by atoms with Crippen molar-refractivity contribution in [2.75, 3.05) is 25.0 Å². The summed E-state index contributed by atoms with van der Waals surface area (Å²) in [6, 6.07) is 18.4. The molecule has 1 aliphatic heterocycles. The molecule has 2 amide bonds. The zero-order chi connectivity index (χ0) is 20.4. The fourth-order valence-corrected chi connectivity index (χ4v) is 4.08. The molecule has 29 heavy (non-hydrogen) atoms. The van der Waals surface area contributed by atoms with E-state index in [1.165, 1.54) is 32.4 Å². The van der Waals surface area contributed by atoms with Crippen molar-refractivity contribution in [3.63, 3.8) is 0 Å². The third kappa shape index (κ3) is 4.19. The minimum absolute atomic E-state index is 0.261. The van der Waals surface area contributed by atoms with Crippen LogP contribution < -0.4 is 4.90 Å². The topological polar surface area (TPSA) is 56.4 Å². The number of aromatic amines is 1. The first-order valence-corrected chi connectivity index (χ1v) is 10.2. The molecule has 2 aromatic carbocycles. The highest BCUT2D eigenvalue weighted by Gasteiger charge is 2.21. The Kier molecular flexibility index (Phi) is 5.38. The highest BCUT2D eigenvalue weighted by molar-refractivity contribution is 6.05. The van der Waals surface area contributed by atoms with Gasteiger partial charge >= 0.3 is 0 Å². The van der Waals surface area contributed by atoms with E-state index >= 15 is 0 Å². The molecule has 0 saturated carbocycles. The number of imide groups is 1. The second-order valence-electron chi connectivity index (χ2n) is 7.96. The number of carbonyl (C=O) groups is 2. The van der Waals surface area contributed by atoms with Gasteiger partial charge in [0, 0.05) is 43.5 Å². The van der Waals surface area contributed by atoms with Crippen molar-refractivity contribution in [1.82, 2.24) is 9.88 Å². The Labute approximate surface area is 171 Å². The van der Waals surface area contributed by atoms with E-state index < -0.39 is 0 Å². The van der Waals surface area contributed by atoms with Crippen LogP contribution in [0.1, 0.15) is 35.7 Å². The van der Waals surface area contributed by atoms with Gasteiger partial charge in [-0.15, -0.1) is 0 Å². The standard InChI is InChI=1S/C24H27N3O2/c1-17(28)26(2)24(29)20-8-9-22-21(15-20)16-23(25-22)27-12-10-19(11-13-27)14-18-6-4-3-5-7-18/h3-9,15-16,19,25H,10-14H2,1-2H3. The molecule has 0 aliphatic carbocycles. The Balaban J connectivity index is 1.44. The van der Waals surface area contributed by atoms with Gasteiger partial charge in [0.25, 0.3) is 5.91 Å². The summed E-state index contributed by atoms with van der Waals surface area (Å²) >= 11 is 0. The van der Waals surface area contributed by atoms with Crippen LogP contribution in [0.25, 0.3) is 10.9 Å². The predicted octanol–water partition coefficient (Wildman–Crippen LogP) is 4.25. The smallest absolute Gasteiger partial charge is 0.260 e. The second-order valence-corrected chi connectivity index (χ2v) is 7.96. The molecule has 0 radical (unpaired) electrons. The lowest BCUT2D eigenvalue weighted by molar-refractivity contribution is -0.125. The van der Waals surface area contributed by atoms with Gasteiger partial charge in [0.2, 0.25) is 5.91 Å². The molecule has 4 rings (SSSR count). The van der Waals surface area contributed by atoms with Crippen LogP contribution in [-0.4, -0.2) is 41.8 Å². The molecule has 0 unspecified atom stereocenters. The molecule has 150 valence electrons. The number of fused-ring (bicyclic) bond motifs is 1. The fraction of sp³-hybridized carbons (Fsp3) is 0.333. The van der Waals surface area contributed by atoms with Crippen molar-refractivity contribution >= 4 is 28.5 Å². The number of nitrogens with zero attached hydrogens (tertiary/aromatic N) is 2. The summed E-state index contributed by atoms with van der Waals surface area (Å²) in [5.41, 5.74) is 2.96. The molecule has 5 heteroatoms. The van der Waals surface area contributed by atoms with Gasteiger partial charge in [-0.25, -0.2) is 0 Å². The van der Waals surface area contributed by atoms with Crippen LogP contribution >= 0.6 is 0 Å². The first-order chi connectivity index (χ1) is 14.0. The summed E-state index contributed by atoms with van der Waals surface area (Å²) in [6.07, 6.45) is 3.51. The quantitative estimate of drug-likeness (QED) is 0.726. The van der Waals surface area contributed by atoms with E-state index in [1.807, 2.05) is 12.1 Å². The maximum atomic E-state index is 12.4. The van der Waals surface area contributed by atoms with E-state index in [0.717, 1.165) is 47.0 Å². The maximum Gasteiger partial charge on any atom is 0.260 e. The van der Waals surface area contributed by atoms with Crippen LogP contribution in [0.15, 0.2) is 54.6 Å². The van der Waals surface area contributed by atoms with Crippen molar-refractivity contribution in [3.05, 3.63) is 65.7 Å². The van der Waals surface area contributed by atoms with Crippen molar-refractivity contribution in [1.29, 1.82) is 0 Å². The van der Waals surface area contributed by atoms with E-state index in [1.54, 1.807) is 6.07 Å². The second kappa shape index (κ2) is 8.11. The van der Waals surface area contributed by atoms with Gasteiger partial charge in [-0.05, 0) is 55.0 Å². The Bertz CT molecular complexity index is 1020. The average Bonchev–Trinajstić information content (AvgIpc) is 3.17. The number of nitrogens with one attached hydrogen (secondary N) is 1. The molecule has 0 bridgehead atoms. The minimum atomic E-state index is -0.274. The molecule has 0 atom stereocenters. The third-order valence-electron chi connectivity index (χ3n) is 5.95. The minimum Gasteiger partial charge on any atom is -0.358 e. The molecule has 0 spiro atoms. The highest BCUT2D eigenvalue weighted by Crippen LogP contribution is 2.28. The third-order valence-corrected chi connectivity index (χ3v) is 5.95.